The van der Waals surface area contributed by atoms with Crippen molar-refractivity contribution in [1.82, 2.24) is 14.8 Å². The minimum absolute atomic E-state index is 0.0823. The van der Waals surface area contributed by atoms with Crippen LogP contribution in [0.1, 0.15) is 18.7 Å². The Bertz CT molecular complexity index is 356. The van der Waals surface area contributed by atoms with Crippen molar-refractivity contribution in [3.05, 3.63) is 12.2 Å². The maximum atomic E-state index is 8.43. The third kappa shape index (κ3) is 2.24. The monoisotopic (exact) mass is 211 g/mol. The van der Waals surface area contributed by atoms with E-state index < -0.39 is 0 Å². The van der Waals surface area contributed by atoms with Gasteiger partial charge in [0.25, 0.3) is 0 Å². The first-order chi connectivity index (χ1) is 7.29. The van der Waals surface area contributed by atoms with E-state index in [0.29, 0.717) is 6.54 Å². The average Bonchev–Trinajstić information content (AvgIpc) is 2.88. The molecule has 1 unspecified atom stereocenters. The fraction of sp³-hybridized carbons (Fsp3) is 0.625. The number of amidine groups is 1. The highest BCUT2D eigenvalue weighted by Crippen LogP contribution is 2.13. The number of ether oxygens (including phenoxy) is 1. The van der Waals surface area contributed by atoms with Gasteiger partial charge in [-0.3, -0.25) is 0 Å². The Morgan fingerprint density at radius 1 is 1.80 bits per heavy atom. The smallest absolute Gasteiger partial charge is 0.219 e. The second-order valence-electron chi connectivity index (χ2n) is 3.41. The van der Waals surface area contributed by atoms with E-state index in [4.69, 9.17) is 15.7 Å². The SMILES string of the molecule is NC(=NO)c1ncn(CC2CCCO2)n1. The molecule has 0 saturated carbocycles. The molecule has 1 atom stereocenters. The van der Waals surface area contributed by atoms with Crippen molar-refractivity contribution in [2.45, 2.75) is 25.5 Å². The van der Waals surface area contributed by atoms with Gasteiger partial charge in [0.1, 0.15) is 6.33 Å². The summed E-state index contributed by atoms with van der Waals surface area (Å²) in [6, 6.07) is 0. The van der Waals surface area contributed by atoms with E-state index in [1.165, 1.54) is 0 Å². The van der Waals surface area contributed by atoms with Crippen molar-refractivity contribution in [2.75, 3.05) is 6.61 Å². The molecule has 0 radical (unpaired) electrons. The standard InChI is InChI=1S/C8H13N5O2/c9-7(12-14)8-10-5-13(11-8)4-6-2-1-3-15-6/h5-6,14H,1-4H2,(H2,9,12). The Morgan fingerprint density at radius 3 is 3.33 bits per heavy atom. The minimum Gasteiger partial charge on any atom is -0.409 e. The van der Waals surface area contributed by atoms with E-state index >= 15 is 0 Å². The molecule has 1 saturated heterocycles. The molecule has 1 aromatic rings. The minimum atomic E-state index is -0.0823. The van der Waals surface area contributed by atoms with E-state index in [-0.39, 0.29) is 17.8 Å². The maximum Gasteiger partial charge on any atom is 0.219 e. The van der Waals surface area contributed by atoms with Crippen molar-refractivity contribution in [3.8, 4) is 0 Å². The summed E-state index contributed by atoms with van der Waals surface area (Å²) in [5.74, 6) is 0.150. The summed E-state index contributed by atoms with van der Waals surface area (Å²) in [5.41, 5.74) is 5.35. The molecule has 1 aromatic heterocycles. The van der Waals surface area contributed by atoms with Gasteiger partial charge in [0, 0.05) is 6.61 Å². The average molecular weight is 211 g/mol. The summed E-state index contributed by atoms with van der Waals surface area (Å²) in [6.07, 6.45) is 3.88. The lowest BCUT2D eigenvalue weighted by Crippen LogP contribution is -2.18. The molecule has 7 heteroatoms. The Labute approximate surface area is 86.5 Å². The summed E-state index contributed by atoms with van der Waals surface area (Å²) >= 11 is 0. The van der Waals surface area contributed by atoms with Crippen molar-refractivity contribution >= 4 is 5.84 Å². The highest BCUT2D eigenvalue weighted by Gasteiger charge is 2.17. The molecule has 1 aliphatic heterocycles. The van der Waals surface area contributed by atoms with Gasteiger partial charge >= 0.3 is 0 Å². The van der Waals surface area contributed by atoms with Crippen molar-refractivity contribution in [1.29, 1.82) is 0 Å². The molecule has 1 fully saturated rings. The number of nitrogens with two attached hydrogens (primary N) is 1. The van der Waals surface area contributed by atoms with Crippen LogP contribution < -0.4 is 5.73 Å². The van der Waals surface area contributed by atoms with Crippen LogP contribution in [-0.4, -0.2) is 38.5 Å². The molecule has 2 rings (SSSR count). The molecular weight excluding hydrogens is 198 g/mol. The van der Waals surface area contributed by atoms with Crippen molar-refractivity contribution in [2.24, 2.45) is 10.9 Å². The first-order valence-electron chi connectivity index (χ1n) is 4.78. The number of nitrogens with zero attached hydrogens (tertiary/aromatic N) is 4. The number of hydrogen-bond donors (Lipinski definition) is 2. The zero-order valence-corrected chi connectivity index (χ0v) is 8.20. The first kappa shape index (κ1) is 9.91. The van der Waals surface area contributed by atoms with Crippen LogP contribution in [0.3, 0.4) is 0 Å². The molecule has 2 heterocycles. The van der Waals surface area contributed by atoms with E-state index in [1.54, 1.807) is 11.0 Å². The van der Waals surface area contributed by atoms with Crippen molar-refractivity contribution in [3.63, 3.8) is 0 Å². The van der Waals surface area contributed by atoms with Crippen molar-refractivity contribution < 1.29 is 9.94 Å². The summed E-state index contributed by atoms with van der Waals surface area (Å²) in [4.78, 5) is 3.91. The molecule has 0 spiro atoms. The largest absolute Gasteiger partial charge is 0.409 e. The lowest BCUT2D eigenvalue weighted by atomic mass is 10.2. The normalized spacial score (nSPS) is 22.1. The van der Waals surface area contributed by atoms with Gasteiger partial charge in [0.15, 0.2) is 0 Å². The second-order valence-corrected chi connectivity index (χ2v) is 3.41. The van der Waals surface area contributed by atoms with Crippen LogP contribution in [0.15, 0.2) is 11.5 Å². The molecule has 3 N–H and O–H groups in total. The summed E-state index contributed by atoms with van der Waals surface area (Å²) in [6.45, 7) is 1.47. The van der Waals surface area contributed by atoms with E-state index in [2.05, 4.69) is 15.2 Å². The zero-order chi connectivity index (χ0) is 10.7. The van der Waals surface area contributed by atoms with Gasteiger partial charge in [-0.25, -0.2) is 9.67 Å². The molecule has 0 bridgehead atoms. The van der Waals surface area contributed by atoms with Crippen LogP contribution in [-0.2, 0) is 11.3 Å². The Balaban J connectivity index is 2.00. The van der Waals surface area contributed by atoms with Gasteiger partial charge in [0.05, 0.1) is 12.6 Å². The summed E-state index contributed by atoms with van der Waals surface area (Å²) in [5, 5.41) is 15.3. The van der Waals surface area contributed by atoms with Crippen LogP contribution in [0.2, 0.25) is 0 Å². The van der Waals surface area contributed by atoms with Gasteiger partial charge in [-0.15, -0.1) is 5.10 Å². The predicted molar refractivity (Wildman–Crippen MR) is 51.5 cm³/mol. The van der Waals surface area contributed by atoms with Crippen LogP contribution in [0.4, 0.5) is 0 Å². The third-order valence-corrected chi connectivity index (χ3v) is 2.29. The molecule has 0 amide bonds. The fourth-order valence-electron chi connectivity index (χ4n) is 1.54. The highest BCUT2D eigenvalue weighted by atomic mass is 16.5. The van der Waals surface area contributed by atoms with Gasteiger partial charge < -0.3 is 15.7 Å². The van der Waals surface area contributed by atoms with Crippen LogP contribution in [0, 0.1) is 0 Å². The topological polar surface area (TPSA) is 98.6 Å². The zero-order valence-electron chi connectivity index (χ0n) is 8.20. The number of rotatable bonds is 3. The highest BCUT2D eigenvalue weighted by molar-refractivity contribution is 5.93. The number of oxime groups is 1. The molecular formula is C8H13N5O2. The molecule has 0 aliphatic carbocycles. The van der Waals surface area contributed by atoms with E-state index in [9.17, 15) is 0 Å². The summed E-state index contributed by atoms with van der Waals surface area (Å²) < 4.78 is 7.10. The number of hydrogen-bond acceptors (Lipinski definition) is 5. The molecule has 82 valence electrons. The van der Waals surface area contributed by atoms with Crippen LogP contribution in [0.5, 0.6) is 0 Å². The Hall–Kier alpha value is -1.63. The lowest BCUT2D eigenvalue weighted by molar-refractivity contribution is 0.0939. The number of aromatic nitrogens is 3. The summed E-state index contributed by atoms with van der Waals surface area (Å²) in [7, 11) is 0. The van der Waals surface area contributed by atoms with Gasteiger partial charge in [-0.2, -0.15) is 0 Å². The second kappa shape index (κ2) is 4.26. The molecule has 15 heavy (non-hydrogen) atoms. The fourth-order valence-corrected chi connectivity index (χ4v) is 1.54. The Kier molecular flexibility index (Phi) is 2.82. The quantitative estimate of drug-likeness (QED) is 0.305. The van der Waals surface area contributed by atoms with Gasteiger partial charge in [-0.05, 0) is 12.8 Å². The molecule has 0 aromatic carbocycles. The van der Waals surface area contributed by atoms with Gasteiger partial charge in [0.2, 0.25) is 11.7 Å². The third-order valence-electron chi connectivity index (χ3n) is 2.29. The first-order valence-corrected chi connectivity index (χ1v) is 4.78. The Morgan fingerprint density at radius 2 is 2.67 bits per heavy atom. The van der Waals surface area contributed by atoms with Crippen LogP contribution >= 0.6 is 0 Å². The molecule has 1 aliphatic rings. The van der Waals surface area contributed by atoms with E-state index in [1.807, 2.05) is 0 Å². The van der Waals surface area contributed by atoms with Crippen LogP contribution in [0.25, 0.3) is 0 Å². The molecule has 7 nitrogen and oxygen atoms in total. The van der Waals surface area contributed by atoms with E-state index in [0.717, 1.165) is 19.4 Å². The van der Waals surface area contributed by atoms with Gasteiger partial charge in [-0.1, -0.05) is 5.16 Å². The lowest BCUT2D eigenvalue weighted by Gasteiger charge is -2.07. The predicted octanol–water partition coefficient (Wildman–Crippen LogP) is -0.448. The maximum absolute atomic E-state index is 8.43.